The predicted molar refractivity (Wildman–Crippen MR) is 78.5 cm³/mol. The van der Waals surface area contributed by atoms with Crippen LogP contribution in [0.3, 0.4) is 0 Å². The molecule has 0 N–H and O–H groups in total. The molecule has 1 amide bonds. The van der Waals surface area contributed by atoms with Gasteiger partial charge in [-0.2, -0.15) is 0 Å². The van der Waals surface area contributed by atoms with Crippen LogP contribution in [0.5, 0.6) is 0 Å². The second-order valence-electron chi connectivity index (χ2n) is 5.16. The molecule has 0 aliphatic heterocycles. The van der Waals surface area contributed by atoms with Gasteiger partial charge in [-0.15, -0.1) is 0 Å². The highest BCUT2D eigenvalue weighted by molar-refractivity contribution is 6.29. The van der Waals surface area contributed by atoms with Gasteiger partial charge in [0, 0.05) is 24.3 Å². The lowest BCUT2D eigenvalue weighted by molar-refractivity contribution is 0.0730. The first-order valence-corrected chi connectivity index (χ1v) is 7.18. The standard InChI is InChI=1S/C16H14ClFN2O/c17-15-9-12(7-8-19-15)16(21)20(14-5-6-14)10-11-1-3-13(18)4-2-11/h1-4,7-9,14H,5-6,10H2. The van der Waals surface area contributed by atoms with Crippen molar-refractivity contribution in [1.29, 1.82) is 0 Å². The molecule has 1 saturated carbocycles. The third-order valence-electron chi connectivity index (χ3n) is 3.49. The van der Waals surface area contributed by atoms with Crippen molar-refractivity contribution in [2.75, 3.05) is 0 Å². The van der Waals surface area contributed by atoms with E-state index in [0.29, 0.717) is 17.3 Å². The second-order valence-corrected chi connectivity index (χ2v) is 5.55. The van der Waals surface area contributed by atoms with Crippen LogP contribution in [-0.4, -0.2) is 21.8 Å². The van der Waals surface area contributed by atoms with Crippen LogP contribution in [-0.2, 0) is 6.54 Å². The van der Waals surface area contributed by atoms with Crippen molar-refractivity contribution in [3.8, 4) is 0 Å². The van der Waals surface area contributed by atoms with Crippen LogP contribution >= 0.6 is 11.6 Å². The molecule has 1 fully saturated rings. The first-order valence-electron chi connectivity index (χ1n) is 6.80. The molecule has 5 heteroatoms. The maximum absolute atomic E-state index is 13.0. The summed E-state index contributed by atoms with van der Waals surface area (Å²) in [7, 11) is 0. The number of hydrogen-bond acceptors (Lipinski definition) is 2. The Balaban J connectivity index is 1.81. The highest BCUT2D eigenvalue weighted by Crippen LogP contribution is 2.30. The minimum absolute atomic E-state index is 0.0638. The second kappa shape index (κ2) is 5.82. The number of rotatable bonds is 4. The molecule has 1 aromatic heterocycles. The number of carbonyl (C=O) groups is 1. The fraction of sp³-hybridized carbons (Fsp3) is 0.250. The van der Waals surface area contributed by atoms with Gasteiger partial charge in [-0.05, 0) is 42.7 Å². The van der Waals surface area contributed by atoms with Gasteiger partial charge in [0.1, 0.15) is 11.0 Å². The van der Waals surface area contributed by atoms with Gasteiger partial charge < -0.3 is 4.90 Å². The van der Waals surface area contributed by atoms with Gasteiger partial charge in [-0.1, -0.05) is 23.7 Å². The molecule has 21 heavy (non-hydrogen) atoms. The van der Waals surface area contributed by atoms with Gasteiger partial charge >= 0.3 is 0 Å². The molecule has 1 aromatic carbocycles. The summed E-state index contributed by atoms with van der Waals surface area (Å²) in [5.41, 5.74) is 1.45. The SMILES string of the molecule is O=C(c1ccnc(Cl)c1)N(Cc1ccc(F)cc1)C1CC1. The quantitative estimate of drug-likeness (QED) is 0.807. The Bertz CT molecular complexity index is 656. The molecular formula is C16H14ClFN2O. The summed E-state index contributed by atoms with van der Waals surface area (Å²) in [6.45, 7) is 0.476. The van der Waals surface area contributed by atoms with E-state index in [1.54, 1.807) is 24.3 Å². The Kier molecular flexibility index (Phi) is 3.88. The molecule has 1 aliphatic carbocycles. The zero-order valence-corrected chi connectivity index (χ0v) is 12.1. The largest absolute Gasteiger partial charge is 0.331 e. The van der Waals surface area contributed by atoms with Gasteiger partial charge in [-0.3, -0.25) is 4.79 Å². The van der Waals surface area contributed by atoms with Crippen LogP contribution in [0.4, 0.5) is 4.39 Å². The van der Waals surface area contributed by atoms with Gasteiger partial charge in [0.05, 0.1) is 0 Å². The molecule has 0 bridgehead atoms. The summed E-state index contributed by atoms with van der Waals surface area (Å²) in [6, 6.07) is 9.73. The highest BCUT2D eigenvalue weighted by atomic mass is 35.5. The van der Waals surface area contributed by atoms with Gasteiger partial charge in [0.15, 0.2) is 0 Å². The predicted octanol–water partition coefficient (Wildman–Crippen LogP) is 3.68. The lowest BCUT2D eigenvalue weighted by Crippen LogP contribution is -2.32. The molecule has 2 aromatic rings. The Hall–Kier alpha value is -1.94. The molecule has 3 rings (SSSR count). The zero-order valence-electron chi connectivity index (χ0n) is 11.3. The summed E-state index contributed by atoms with van der Waals surface area (Å²) in [5, 5.41) is 0.304. The van der Waals surface area contributed by atoms with E-state index in [9.17, 15) is 9.18 Å². The zero-order chi connectivity index (χ0) is 14.8. The van der Waals surface area contributed by atoms with E-state index in [1.165, 1.54) is 18.3 Å². The Labute approximate surface area is 127 Å². The third kappa shape index (κ3) is 3.39. The fourth-order valence-corrected chi connectivity index (χ4v) is 2.41. The van der Waals surface area contributed by atoms with Crippen molar-refractivity contribution < 1.29 is 9.18 Å². The maximum Gasteiger partial charge on any atom is 0.254 e. The first kappa shape index (κ1) is 14.0. The van der Waals surface area contributed by atoms with Crippen LogP contribution < -0.4 is 0 Å². The van der Waals surface area contributed by atoms with Crippen LogP contribution in [0.15, 0.2) is 42.6 Å². The van der Waals surface area contributed by atoms with Crippen molar-refractivity contribution >= 4 is 17.5 Å². The monoisotopic (exact) mass is 304 g/mol. The van der Waals surface area contributed by atoms with Crippen LogP contribution in [0, 0.1) is 5.82 Å². The smallest absolute Gasteiger partial charge is 0.254 e. The molecule has 0 unspecified atom stereocenters. The van der Waals surface area contributed by atoms with Crippen molar-refractivity contribution in [2.45, 2.75) is 25.4 Å². The number of amides is 1. The topological polar surface area (TPSA) is 33.2 Å². The van der Waals surface area contributed by atoms with E-state index < -0.39 is 0 Å². The van der Waals surface area contributed by atoms with Gasteiger partial charge in [-0.25, -0.2) is 9.37 Å². The van der Waals surface area contributed by atoms with Crippen LogP contribution in [0.25, 0.3) is 0 Å². The Morgan fingerprint density at radius 1 is 1.29 bits per heavy atom. The van der Waals surface area contributed by atoms with E-state index >= 15 is 0 Å². The van der Waals surface area contributed by atoms with Crippen molar-refractivity contribution in [2.24, 2.45) is 0 Å². The normalized spacial score (nSPS) is 14.0. The molecule has 0 spiro atoms. The minimum atomic E-state index is -0.274. The number of carbonyl (C=O) groups excluding carboxylic acids is 1. The van der Waals surface area contributed by atoms with E-state index in [-0.39, 0.29) is 17.8 Å². The average Bonchev–Trinajstić information content (AvgIpc) is 3.30. The molecule has 1 aliphatic rings. The van der Waals surface area contributed by atoms with Crippen molar-refractivity contribution in [3.63, 3.8) is 0 Å². The average molecular weight is 305 g/mol. The lowest BCUT2D eigenvalue weighted by Gasteiger charge is -2.22. The molecule has 0 atom stereocenters. The Morgan fingerprint density at radius 3 is 2.62 bits per heavy atom. The van der Waals surface area contributed by atoms with Crippen molar-refractivity contribution in [3.05, 3.63) is 64.7 Å². The maximum atomic E-state index is 13.0. The number of hydrogen-bond donors (Lipinski definition) is 0. The van der Waals surface area contributed by atoms with E-state index in [4.69, 9.17) is 11.6 Å². The number of nitrogens with zero attached hydrogens (tertiary/aromatic N) is 2. The fourth-order valence-electron chi connectivity index (χ4n) is 2.24. The lowest BCUT2D eigenvalue weighted by atomic mass is 10.1. The highest BCUT2D eigenvalue weighted by Gasteiger charge is 2.33. The number of pyridine rings is 1. The summed E-state index contributed by atoms with van der Waals surface area (Å²) in [5.74, 6) is -0.338. The minimum Gasteiger partial charge on any atom is -0.331 e. The van der Waals surface area contributed by atoms with Crippen LogP contribution in [0.2, 0.25) is 5.15 Å². The third-order valence-corrected chi connectivity index (χ3v) is 3.69. The molecule has 108 valence electrons. The number of aromatic nitrogens is 1. The first-order chi connectivity index (χ1) is 10.1. The van der Waals surface area contributed by atoms with Crippen LogP contribution in [0.1, 0.15) is 28.8 Å². The van der Waals surface area contributed by atoms with Crippen molar-refractivity contribution in [1.82, 2.24) is 9.88 Å². The van der Waals surface area contributed by atoms with E-state index in [0.717, 1.165) is 18.4 Å². The number of benzene rings is 1. The van der Waals surface area contributed by atoms with Gasteiger partial charge in [0.25, 0.3) is 5.91 Å². The molecular weight excluding hydrogens is 291 g/mol. The van der Waals surface area contributed by atoms with E-state index in [1.807, 2.05) is 4.90 Å². The molecule has 0 saturated heterocycles. The molecule has 3 nitrogen and oxygen atoms in total. The van der Waals surface area contributed by atoms with Gasteiger partial charge in [0.2, 0.25) is 0 Å². The summed E-state index contributed by atoms with van der Waals surface area (Å²) < 4.78 is 13.0. The van der Waals surface area contributed by atoms with E-state index in [2.05, 4.69) is 4.98 Å². The summed E-state index contributed by atoms with van der Waals surface area (Å²) >= 11 is 5.84. The molecule has 1 heterocycles. The number of halogens is 2. The summed E-state index contributed by atoms with van der Waals surface area (Å²) in [4.78, 5) is 18.3. The summed E-state index contributed by atoms with van der Waals surface area (Å²) in [6.07, 6.45) is 3.54. The molecule has 0 radical (unpaired) electrons. The Morgan fingerprint density at radius 2 is 2.00 bits per heavy atom.